The number of ether oxygens (including phenoxy) is 2. The van der Waals surface area contributed by atoms with Crippen LogP contribution in [0.4, 0.5) is 11.5 Å². The Morgan fingerprint density at radius 1 is 1.19 bits per heavy atom. The Morgan fingerprint density at radius 3 is 2.81 bits per heavy atom. The Bertz CT molecular complexity index is 1130. The lowest BCUT2D eigenvalue weighted by molar-refractivity contribution is 0.0600. The Morgan fingerprint density at radius 2 is 2.03 bits per heavy atom. The molecule has 0 radical (unpaired) electrons. The van der Waals surface area contributed by atoms with Crippen LogP contribution >= 0.6 is 0 Å². The highest BCUT2D eigenvalue weighted by molar-refractivity contribution is 5.89. The maximum Gasteiger partial charge on any atom is 0.337 e. The number of esters is 1. The van der Waals surface area contributed by atoms with Gasteiger partial charge < -0.3 is 14.4 Å². The Balaban J connectivity index is 1.51. The molecule has 0 atom stereocenters. The summed E-state index contributed by atoms with van der Waals surface area (Å²) in [6.07, 6.45) is 9.35. The molecular formula is C24H26N4O3. The molecule has 0 spiro atoms. The van der Waals surface area contributed by atoms with E-state index in [9.17, 15) is 4.79 Å². The van der Waals surface area contributed by atoms with Crippen LogP contribution in [0.5, 0.6) is 0 Å². The molecule has 3 heterocycles. The maximum absolute atomic E-state index is 11.9. The third-order valence-corrected chi connectivity index (χ3v) is 5.86. The highest BCUT2D eigenvalue weighted by atomic mass is 16.5. The maximum atomic E-state index is 11.9. The number of aromatic nitrogens is 1. The van der Waals surface area contributed by atoms with E-state index in [0.717, 1.165) is 60.5 Å². The van der Waals surface area contributed by atoms with Gasteiger partial charge in [0.25, 0.3) is 0 Å². The number of hydrogen-bond acceptors (Lipinski definition) is 7. The fourth-order valence-electron chi connectivity index (χ4n) is 3.94. The van der Waals surface area contributed by atoms with Crippen molar-refractivity contribution in [2.75, 3.05) is 43.3 Å². The number of allylic oxidation sites excluding steroid dienone is 1. The average Bonchev–Trinajstić information content (AvgIpc) is 3.65. The number of nitrogens with zero attached hydrogens (tertiary/aromatic N) is 4. The molecule has 3 aliphatic rings. The number of rotatable bonds is 5. The predicted molar refractivity (Wildman–Crippen MR) is 118 cm³/mol. The number of carbonyl (C=O) groups excluding carboxylic acids is 1. The van der Waals surface area contributed by atoms with Gasteiger partial charge in [-0.2, -0.15) is 5.10 Å². The summed E-state index contributed by atoms with van der Waals surface area (Å²) in [6, 6.07) is 9.61. The van der Waals surface area contributed by atoms with Crippen molar-refractivity contribution in [3.63, 3.8) is 0 Å². The molecule has 2 aliphatic heterocycles. The van der Waals surface area contributed by atoms with Gasteiger partial charge in [0, 0.05) is 24.5 Å². The number of morpholine rings is 1. The van der Waals surface area contributed by atoms with E-state index in [4.69, 9.17) is 19.6 Å². The number of hydrogen-bond donors (Lipinski definition) is 0. The van der Waals surface area contributed by atoms with E-state index >= 15 is 0 Å². The van der Waals surface area contributed by atoms with E-state index in [1.54, 1.807) is 6.07 Å². The third-order valence-electron chi connectivity index (χ3n) is 5.86. The molecule has 0 N–H and O–H groups in total. The van der Waals surface area contributed by atoms with Crippen molar-refractivity contribution in [2.24, 2.45) is 11.0 Å². The fourth-order valence-corrected chi connectivity index (χ4v) is 3.94. The zero-order valence-corrected chi connectivity index (χ0v) is 17.7. The van der Waals surface area contributed by atoms with Gasteiger partial charge in [0.15, 0.2) is 0 Å². The van der Waals surface area contributed by atoms with Crippen LogP contribution in [0.25, 0.3) is 6.08 Å². The van der Waals surface area contributed by atoms with Crippen LogP contribution in [-0.4, -0.2) is 44.4 Å². The first kappa shape index (κ1) is 19.8. The van der Waals surface area contributed by atoms with Gasteiger partial charge >= 0.3 is 5.97 Å². The zero-order chi connectivity index (χ0) is 21.2. The molecule has 2 fully saturated rings. The van der Waals surface area contributed by atoms with Gasteiger partial charge in [0.2, 0.25) is 0 Å². The van der Waals surface area contributed by atoms with E-state index in [0.29, 0.717) is 11.5 Å². The van der Waals surface area contributed by atoms with Gasteiger partial charge in [-0.15, -0.1) is 0 Å². The van der Waals surface area contributed by atoms with Crippen molar-refractivity contribution in [3.05, 3.63) is 64.4 Å². The SMILES string of the molecule is COC(=O)c1ccc2c(c1)=CC=CN(c1ccc(N3CCOCC3)nc1CC1CC1)N=2. The predicted octanol–water partition coefficient (Wildman–Crippen LogP) is 2.01. The highest BCUT2D eigenvalue weighted by Crippen LogP contribution is 2.36. The fraction of sp³-hybridized carbons (Fsp3) is 0.375. The second kappa shape index (κ2) is 8.51. The van der Waals surface area contributed by atoms with Crippen LogP contribution in [0, 0.1) is 5.92 Å². The van der Waals surface area contributed by atoms with Gasteiger partial charge in [-0.05, 0) is 61.6 Å². The molecule has 1 saturated heterocycles. The molecule has 2 aromatic rings. The molecule has 0 amide bonds. The Labute approximate surface area is 181 Å². The van der Waals surface area contributed by atoms with Gasteiger partial charge in [-0.1, -0.05) is 6.08 Å². The molecule has 160 valence electrons. The van der Waals surface area contributed by atoms with Gasteiger partial charge in [0.1, 0.15) is 5.82 Å². The first-order valence-electron chi connectivity index (χ1n) is 10.8. The van der Waals surface area contributed by atoms with Crippen molar-refractivity contribution in [3.8, 4) is 0 Å². The van der Waals surface area contributed by atoms with Crippen LogP contribution in [0.1, 0.15) is 28.9 Å². The largest absolute Gasteiger partial charge is 0.465 e. The summed E-state index contributed by atoms with van der Waals surface area (Å²) in [5, 5.41) is 8.43. The van der Waals surface area contributed by atoms with Crippen LogP contribution in [0.3, 0.4) is 0 Å². The molecule has 7 heteroatoms. The molecule has 31 heavy (non-hydrogen) atoms. The van der Waals surface area contributed by atoms with Crippen molar-refractivity contribution in [1.29, 1.82) is 0 Å². The summed E-state index contributed by atoms with van der Waals surface area (Å²) >= 11 is 0. The average molecular weight is 418 g/mol. The van der Waals surface area contributed by atoms with E-state index < -0.39 is 0 Å². The summed E-state index contributed by atoms with van der Waals surface area (Å²) in [5.41, 5.74) is 2.59. The number of pyridine rings is 1. The van der Waals surface area contributed by atoms with Crippen LogP contribution in [0.2, 0.25) is 0 Å². The lowest BCUT2D eigenvalue weighted by atomic mass is 10.1. The molecule has 1 aliphatic carbocycles. The lowest BCUT2D eigenvalue weighted by Crippen LogP contribution is -2.37. The first-order chi connectivity index (χ1) is 15.2. The summed E-state index contributed by atoms with van der Waals surface area (Å²) in [7, 11) is 1.39. The highest BCUT2D eigenvalue weighted by Gasteiger charge is 2.26. The molecule has 5 rings (SSSR count). The van der Waals surface area contributed by atoms with Crippen LogP contribution < -0.4 is 20.5 Å². The normalized spacial score (nSPS) is 18.0. The van der Waals surface area contributed by atoms with Crippen molar-refractivity contribution in [2.45, 2.75) is 19.3 Å². The second-order valence-corrected chi connectivity index (χ2v) is 8.10. The first-order valence-corrected chi connectivity index (χ1v) is 10.8. The number of methoxy groups -OCH3 is 1. The van der Waals surface area contributed by atoms with Gasteiger partial charge in [0.05, 0.1) is 42.6 Å². The van der Waals surface area contributed by atoms with E-state index in [-0.39, 0.29) is 5.97 Å². The van der Waals surface area contributed by atoms with E-state index in [2.05, 4.69) is 17.0 Å². The summed E-state index contributed by atoms with van der Waals surface area (Å²) < 4.78 is 10.3. The quantitative estimate of drug-likeness (QED) is 0.692. The number of fused-ring (bicyclic) bond motifs is 1. The minimum absolute atomic E-state index is 0.351. The van der Waals surface area contributed by atoms with E-state index in [1.165, 1.54) is 20.0 Å². The van der Waals surface area contributed by atoms with Crippen LogP contribution in [0.15, 0.2) is 47.7 Å². The Kier molecular flexibility index (Phi) is 5.42. The number of carbonyl (C=O) groups is 1. The standard InChI is InChI=1S/C24H26N4O3/c1-30-24(29)19-6-7-20-18(16-19)3-2-10-28(26-20)22-8-9-23(27-11-13-31-14-12-27)25-21(22)15-17-4-5-17/h2-3,6-10,16-17H,4-5,11-15H2,1H3. The molecule has 1 aromatic heterocycles. The molecule has 1 aromatic carbocycles. The molecule has 0 unspecified atom stereocenters. The smallest absolute Gasteiger partial charge is 0.337 e. The van der Waals surface area contributed by atoms with Crippen LogP contribution in [-0.2, 0) is 15.9 Å². The summed E-state index contributed by atoms with van der Waals surface area (Å²) in [5.74, 6) is 1.37. The van der Waals surface area contributed by atoms with Gasteiger partial charge in [-0.25, -0.2) is 14.8 Å². The monoisotopic (exact) mass is 418 g/mol. The van der Waals surface area contributed by atoms with Crippen molar-refractivity contribution in [1.82, 2.24) is 4.98 Å². The minimum atomic E-state index is -0.351. The lowest BCUT2D eigenvalue weighted by Gasteiger charge is -2.29. The van der Waals surface area contributed by atoms with E-state index in [1.807, 2.05) is 35.5 Å². The topological polar surface area (TPSA) is 67.3 Å². The van der Waals surface area contributed by atoms with Crippen molar-refractivity contribution < 1.29 is 14.3 Å². The van der Waals surface area contributed by atoms with Gasteiger partial charge in [-0.3, -0.25) is 0 Å². The summed E-state index contributed by atoms with van der Waals surface area (Å²) in [6.45, 7) is 3.22. The number of anilines is 2. The zero-order valence-electron chi connectivity index (χ0n) is 17.7. The number of benzene rings is 1. The van der Waals surface area contributed by atoms with Crippen molar-refractivity contribution >= 4 is 23.6 Å². The summed E-state index contributed by atoms with van der Waals surface area (Å²) in [4.78, 5) is 19.2. The molecule has 0 bridgehead atoms. The third kappa shape index (κ3) is 4.32. The molecule has 1 saturated carbocycles. The minimum Gasteiger partial charge on any atom is -0.465 e. The second-order valence-electron chi connectivity index (χ2n) is 8.10. The molecular weight excluding hydrogens is 392 g/mol. The Hall–Kier alpha value is -3.19. The molecule has 7 nitrogen and oxygen atoms in total.